The molecule has 0 saturated carbocycles. The van der Waals surface area contributed by atoms with Gasteiger partial charge in [0.05, 0.1) is 6.61 Å². The van der Waals surface area contributed by atoms with Gasteiger partial charge < -0.3 is 13.9 Å². The second-order valence-electron chi connectivity index (χ2n) is 5.30. The van der Waals surface area contributed by atoms with Gasteiger partial charge in [0.25, 0.3) is 0 Å². The largest absolute Gasteiger partial charge is 0.486 e. The summed E-state index contributed by atoms with van der Waals surface area (Å²) in [6.07, 6.45) is 0. The number of hydrogen-bond acceptors (Lipinski definition) is 4. The molecule has 1 aromatic heterocycles. The number of esters is 1. The van der Waals surface area contributed by atoms with Crippen molar-refractivity contribution in [1.29, 1.82) is 0 Å². The third-order valence-corrected chi connectivity index (χ3v) is 3.64. The molecule has 0 amide bonds. The summed E-state index contributed by atoms with van der Waals surface area (Å²) in [6, 6.07) is 11.6. The topological polar surface area (TPSA) is 48.7 Å². The highest BCUT2D eigenvalue weighted by atomic mass is 19.1. The minimum absolute atomic E-state index is 0.184. The number of carbonyl (C=O) groups is 1. The van der Waals surface area contributed by atoms with Gasteiger partial charge in [0, 0.05) is 5.39 Å². The first-order valence-electron chi connectivity index (χ1n) is 7.66. The van der Waals surface area contributed by atoms with Crippen molar-refractivity contribution in [3.8, 4) is 5.75 Å². The summed E-state index contributed by atoms with van der Waals surface area (Å²) in [4.78, 5) is 12.1. The number of aryl methyl sites for hydroxylation is 1. The van der Waals surface area contributed by atoms with Crippen molar-refractivity contribution < 1.29 is 23.1 Å². The third-order valence-electron chi connectivity index (χ3n) is 3.64. The van der Waals surface area contributed by atoms with E-state index in [1.54, 1.807) is 44.2 Å². The van der Waals surface area contributed by atoms with E-state index in [1.165, 1.54) is 6.07 Å². The van der Waals surface area contributed by atoms with Gasteiger partial charge in [-0.3, -0.25) is 0 Å². The van der Waals surface area contributed by atoms with Crippen LogP contribution in [0.3, 0.4) is 0 Å². The Hall–Kier alpha value is -2.82. The van der Waals surface area contributed by atoms with E-state index in [4.69, 9.17) is 13.9 Å². The molecule has 0 aliphatic rings. The van der Waals surface area contributed by atoms with Crippen LogP contribution in [-0.4, -0.2) is 12.6 Å². The molecule has 3 rings (SSSR count). The molecule has 5 heteroatoms. The van der Waals surface area contributed by atoms with E-state index < -0.39 is 11.8 Å². The van der Waals surface area contributed by atoms with Crippen molar-refractivity contribution >= 4 is 16.9 Å². The molecule has 0 aliphatic heterocycles. The highest BCUT2D eigenvalue weighted by Gasteiger charge is 2.19. The smallest absolute Gasteiger partial charge is 0.342 e. The summed E-state index contributed by atoms with van der Waals surface area (Å²) in [5, 5.41) is 0.667. The van der Waals surface area contributed by atoms with Crippen molar-refractivity contribution in [3.63, 3.8) is 0 Å². The zero-order valence-corrected chi connectivity index (χ0v) is 13.5. The average Bonchev–Trinajstić information content (AvgIpc) is 2.89. The fourth-order valence-corrected chi connectivity index (χ4v) is 2.54. The minimum Gasteiger partial charge on any atom is -0.486 e. The van der Waals surface area contributed by atoms with E-state index in [0.717, 1.165) is 5.56 Å². The predicted octanol–water partition coefficient (Wildman–Crippen LogP) is 4.64. The molecule has 0 aliphatic carbocycles. The van der Waals surface area contributed by atoms with Crippen LogP contribution < -0.4 is 4.74 Å². The summed E-state index contributed by atoms with van der Waals surface area (Å²) in [6.45, 7) is 3.95. The lowest BCUT2D eigenvalue weighted by Crippen LogP contribution is -2.05. The number of carbonyl (C=O) groups excluding carboxylic acids is 1. The van der Waals surface area contributed by atoms with E-state index in [9.17, 15) is 9.18 Å². The molecule has 0 N–H and O–H groups in total. The van der Waals surface area contributed by atoms with Crippen LogP contribution in [-0.2, 0) is 11.3 Å². The Morgan fingerprint density at radius 3 is 2.75 bits per heavy atom. The Balaban J connectivity index is 1.89. The monoisotopic (exact) mass is 328 g/mol. The summed E-state index contributed by atoms with van der Waals surface area (Å²) < 4.78 is 29.8. The lowest BCUT2D eigenvalue weighted by molar-refractivity contribution is 0.0526. The van der Waals surface area contributed by atoms with Crippen molar-refractivity contribution in [3.05, 3.63) is 65.2 Å². The Morgan fingerprint density at radius 1 is 1.21 bits per heavy atom. The SMILES string of the molecule is CCOC(=O)c1c(C)oc2ccc(COc3ccccc3F)cc12. The lowest BCUT2D eigenvalue weighted by Gasteiger charge is -2.07. The summed E-state index contributed by atoms with van der Waals surface area (Å²) in [7, 11) is 0. The number of hydrogen-bond donors (Lipinski definition) is 0. The first-order valence-corrected chi connectivity index (χ1v) is 7.66. The molecule has 3 aromatic rings. The Morgan fingerprint density at radius 2 is 2.00 bits per heavy atom. The second kappa shape index (κ2) is 6.74. The fourth-order valence-electron chi connectivity index (χ4n) is 2.54. The van der Waals surface area contributed by atoms with Gasteiger partial charge in [-0.1, -0.05) is 18.2 Å². The van der Waals surface area contributed by atoms with Crippen LogP contribution in [0.15, 0.2) is 46.9 Å². The standard InChI is InChI=1S/C19H17FO4/c1-3-22-19(21)18-12(2)24-16-9-8-13(10-14(16)18)11-23-17-7-5-4-6-15(17)20/h4-10H,3,11H2,1-2H3. The average molecular weight is 328 g/mol. The van der Waals surface area contributed by atoms with E-state index in [1.807, 2.05) is 6.07 Å². The normalized spacial score (nSPS) is 10.8. The van der Waals surface area contributed by atoms with Crippen LogP contribution >= 0.6 is 0 Å². The van der Waals surface area contributed by atoms with Crippen LogP contribution in [0.5, 0.6) is 5.75 Å². The fraction of sp³-hybridized carbons (Fsp3) is 0.211. The molecular formula is C19H17FO4. The van der Waals surface area contributed by atoms with E-state index in [0.29, 0.717) is 28.9 Å². The number of fused-ring (bicyclic) bond motifs is 1. The molecule has 0 atom stereocenters. The van der Waals surface area contributed by atoms with Gasteiger partial charge in [0.2, 0.25) is 0 Å². The van der Waals surface area contributed by atoms with Gasteiger partial charge >= 0.3 is 5.97 Å². The Kier molecular flexibility index (Phi) is 4.51. The maximum absolute atomic E-state index is 13.6. The van der Waals surface area contributed by atoms with Crippen LogP contribution in [0, 0.1) is 12.7 Å². The molecule has 1 heterocycles. The zero-order valence-electron chi connectivity index (χ0n) is 13.5. The van der Waals surface area contributed by atoms with Crippen molar-refractivity contribution in [2.24, 2.45) is 0 Å². The van der Waals surface area contributed by atoms with Gasteiger partial charge in [-0.2, -0.15) is 0 Å². The number of para-hydroxylation sites is 1. The van der Waals surface area contributed by atoms with Gasteiger partial charge in [-0.05, 0) is 43.7 Å². The van der Waals surface area contributed by atoms with Gasteiger partial charge in [-0.15, -0.1) is 0 Å². The van der Waals surface area contributed by atoms with Crippen LogP contribution in [0.2, 0.25) is 0 Å². The quantitative estimate of drug-likeness (QED) is 0.640. The van der Waals surface area contributed by atoms with Crippen molar-refractivity contribution in [1.82, 2.24) is 0 Å². The molecule has 0 bridgehead atoms. The predicted molar refractivity (Wildman–Crippen MR) is 87.6 cm³/mol. The molecule has 0 unspecified atom stereocenters. The number of benzene rings is 2. The number of halogens is 1. The third kappa shape index (κ3) is 3.11. The summed E-state index contributed by atoms with van der Waals surface area (Å²) in [5.74, 6) is -0.131. The maximum atomic E-state index is 13.6. The molecule has 0 radical (unpaired) electrons. The van der Waals surface area contributed by atoms with E-state index >= 15 is 0 Å². The number of furan rings is 1. The zero-order chi connectivity index (χ0) is 17.1. The van der Waals surface area contributed by atoms with Crippen LogP contribution in [0.25, 0.3) is 11.0 Å². The molecule has 4 nitrogen and oxygen atoms in total. The maximum Gasteiger partial charge on any atom is 0.342 e. The highest BCUT2D eigenvalue weighted by molar-refractivity contribution is 6.04. The van der Waals surface area contributed by atoms with E-state index in [2.05, 4.69) is 0 Å². The molecule has 124 valence electrons. The van der Waals surface area contributed by atoms with Crippen LogP contribution in [0.1, 0.15) is 28.6 Å². The number of rotatable bonds is 5. The highest BCUT2D eigenvalue weighted by Crippen LogP contribution is 2.28. The lowest BCUT2D eigenvalue weighted by atomic mass is 10.1. The van der Waals surface area contributed by atoms with Crippen LogP contribution in [0.4, 0.5) is 4.39 Å². The van der Waals surface area contributed by atoms with Gasteiger partial charge in [0.1, 0.15) is 23.5 Å². The van der Waals surface area contributed by atoms with Crippen molar-refractivity contribution in [2.45, 2.75) is 20.5 Å². The Bertz CT molecular complexity index is 882. The molecule has 2 aromatic carbocycles. The minimum atomic E-state index is -0.416. The Labute approximate surface area is 138 Å². The second-order valence-corrected chi connectivity index (χ2v) is 5.30. The van der Waals surface area contributed by atoms with Gasteiger partial charge in [-0.25, -0.2) is 9.18 Å². The first kappa shape index (κ1) is 16.1. The number of ether oxygens (including phenoxy) is 2. The van der Waals surface area contributed by atoms with Gasteiger partial charge in [0.15, 0.2) is 11.6 Å². The van der Waals surface area contributed by atoms with E-state index in [-0.39, 0.29) is 12.4 Å². The van der Waals surface area contributed by atoms with Crippen molar-refractivity contribution in [2.75, 3.05) is 6.61 Å². The molecule has 24 heavy (non-hydrogen) atoms. The summed E-state index contributed by atoms with van der Waals surface area (Å²) in [5.41, 5.74) is 1.82. The molecule has 0 fully saturated rings. The molecule has 0 spiro atoms. The molecular weight excluding hydrogens is 311 g/mol. The summed E-state index contributed by atoms with van der Waals surface area (Å²) >= 11 is 0. The first-order chi connectivity index (χ1) is 11.6. The molecule has 0 saturated heterocycles.